The first-order chi connectivity index (χ1) is 28.4. The van der Waals surface area contributed by atoms with Gasteiger partial charge in [-0.1, -0.05) is 43.7 Å². The molecular weight excluding hydrogens is 749 g/mol. The molecular formula is C47H58N4O8. The third kappa shape index (κ3) is 4.91. The lowest BCUT2D eigenvalue weighted by atomic mass is 9.47. The number of nitrogens with zero attached hydrogens (tertiary/aromatic N) is 3. The zero-order valence-electron chi connectivity index (χ0n) is 35.2. The lowest BCUT2D eigenvalue weighted by Gasteiger charge is -2.63. The van der Waals surface area contributed by atoms with Crippen LogP contribution in [0.3, 0.4) is 0 Å². The Morgan fingerprint density at radius 3 is 2.49 bits per heavy atom. The summed E-state index contributed by atoms with van der Waals surface area (Å²) in [5.74, 6) is 0.0745. The predicted octanol–water partition coefficient (Wildman–Crippen LogP) is 4.88. The number of piperidine rings is 1. The lowest BCUT2D eigenvalue weighted by Crippen LogP contribution is -2.81. The number of hydrogen-bond donors (Lipinski definition) is 2. The van der Waals surface area contributed by atoms with Gasteiger partial charge < -0.3 is 38.8 Å². The molecule has 1 spiro atoms. The number of aromatic amines is 1. The molecule has 12 nitrogen and oxygen atoms in total. The van der Waals surface area contributed by atoms with Gasteiger partial charge >= 0.3 is 17.9 Å². The number of carbonyl (C=O) groups is 3. The smallest absolute Gasteiger partial charge is 0.344 e. The van der Waals surface area contributed by atoms with Crippen molar-refractivity contribution < 1.29 is 38.4 Å². The second kappa shape index (κ2) is 13.6. The number of likely N-dealkylation sites (N-methyl/N-ethyl adjacent to an activating group) is 1. The summed E-state index contributed by atoms with van der Waals surface area (Å²) in [5.41, 5.74) is 0.0488. The number of aromatic nitrogens is 1. The van der Waals surface area contributed by atoms with Gasteiger partial charge in [-0.3, -0.25) is 14.5 Å². The van der Waals surface area contributed by atoms with E-state index in [9.17, 15) is 14.7 Å². The first-order valence-electron chi connectivity index (χ1n) is 21.7. The van der Waals surface area contributed by atoms with Gasteiger partial charge in [0.15, 0.2) is 6.10 Å². The molecule has 2 saturated carbocycles. The molecule has 4 fully saturated rings. The summed E-state index contributed by atoms with van der Waals surface area (Å²) >= 11 is 0. The number of methoxy groups -OCH3 is 3. The number of aliphatic hydroxyl groups is 1. The van der Waals surface area contributed by atoms with Crippen LogP contribution < -0.4 is 9.64 Å². The number of fused-ring (bicyclic) bond motifs is 8. The second-order valence-corrected chi connectivity index (χ2v) is 18.7. The van der Waals surface area contributed by atoms with E-state index in [4.69, 9.17) is 18.9 Å². The molecule has 5 aliphatic heterocycles. The Labute approximate surface area is 346 Å². The van der Waals surface area contributed by atoms with Gasteiger partial charge in [0.05, 0.1) is 27.4 Å². The van der Waals surface area contributed by atoms with Crippen LogP contribution in [0, 0.1) is 23.2 Å². The van der Waals surface area contributed by atoms with E-state index in [1.165, 1.54) is 34.0 Å². The molecule has 0 amide bonds. The van der Waals surface area contributed by atoms with E-state index in [1.54, 1.807) is 7.11 Å². The Kier molecular flexibility index (Phi) is 8.91. The molecule has 0 radical (unpaired) electrons. The highest BCUT2D eigenvalue weighted by Gasteiger charge is 2.80. The number of H-pyrrole nitrogens is 1. The first-order valence-corrected chi connectivity index (χ1v) is 21.7. The third-order valence-electron chi connectivity index (χ3n) is 16.5. The van der Waals surface area contributed by atoms with Crippen LogP contribution in [0.5, 0.6) is 5.75 Å². The van der Waals surface area contributed by atoms with E-state index in [2.05, 4.69) is 51.2 Å². The fraction of sp³-hybridized carbons (Fsp3) is 0.596. The minimum Gasteiger partial charge on any atom is -0.496 e. The maximum absolute atomic E-state index is 15.4. The summed E-state index contributed by atoms with van der Waals surface area (Å²) in [7, 11) is 6.33. The van der Waals surface area contributed by atoms with Gasteiger partial charge in [0, 0.05) is 90.9 Å². The molecule has 12 heteroatoms. The molecule has 2 aliphatic carbocycles. The quantitative estimate of drug-likeness (QED) is 0.201. The second-order valence-electron chi connectivity index (χ2n) is 18.7. The Morgan fingerprint density at radius 1 is 0.966 bits per heavy atom. The Hall–Kier alpha value is -4.39. The van der Waals surface area contributed by atoms with Crippen molar-refractivity contribution in [2.75, 3.05) is 66.0 Å². The Morgan fingerprint density at radius 2 is 1.75 bits per heavy atom. The minimum absolute atomic E-state index is 0.223. The number of rotatable bonds is 6. The van der Waals surface area contributed by atoms with Crippen molar-refractivity contribution in [3.05, 3.63) is 70.9 Å². The molecule has 10 rings (SSSR count). The highest BCUT2D eigenvalue weighted by molar-refractivity contribution is 5.95. The van der Waals surface area contributed by atoms with Crippen LogP contribution in [0.25, 0.3) is 10.9 Å². The van der Waals surface area contributed by atoms with Gasteiger partial charge in [-0.2, -0.15) is 0 Å². The lowest BCUT2D eigenvalue weighted by molar-refractivity contribution is -0.228. The third-order valence-corrected chi connectivity index (χ3v) is 16.5. The summed E-state index contributed by atoms with van der Waals surface area (Å²) in [6, 6.07) is 11.4. The highest BCUT2D eigenvalue weighted by Crippen LogP contribution is 2.68. The highest BCUT2D eigenvalue weighted by atomic mass is 16.6. The van der Waals surface area contributed by atoms with Gasteiger partial charge in [0.1, 0.15) is 11.2 Å². The number of carbonyl (C=O) groups excluding carboxylic acids is 3. The number of nitrogens with one attached hydrogen (secondary N) is 1. The molecule has 3 aromatic rings. The zero-order valence-corrected chi connectivity index (χ0v) is 35.2. The van der Waals surface area contributed by atoms with Crippen LogP contribution >= 0.6 is 0 Å². The number of anilines is 1. The van der Waals surface area contributed by atoms with Crippen molar-refractivity contribution in [1.82, 2.24) is 14.8 Å². The maximum Gasteiger partial charge on any atom is 0.344 e. The number of hydrogen-bond acceptors (Lipinski definition) is 11. The summed E-state index contributed by atoms with van der Waals surface area (Å²) in [5, 5.41) is 14.5. The van der Waals surface area contributed by atoms with Gasteiger partial charge in [0.25, 0.3) is 0 Å². The molecule has 314 valence electrons. The molecule has 2 aromatic carbocycles. The molecule has 6 unspecified atom stereocenters. The summed E-state index contributed by atoms with van der Waals surface area (Å²) < 4.78 is 24.2. The standard InChI is InChI=1S/C47H58N4O8/c1-7-44-17-11-19-51-21-18-45(39(44)51)33-22-34(37(56-4)23-36(33)49(3)40(45)47(55,43(54)58-6)41(44)59-27(2)52)46(42(53)57-5)24-29-26-50(25-28-12-10-14-30(28)29)20-16-32-31-13-8-9-15-35(31)48-38(32)46/h8-9,11,13,15,17,22-23,28-30,39-41,48,55H,7,10,12,14,16,18-21,24-26H2,1-6H3/t28-,29?,30-,39?,40?,41?,44+,45?,46-,47-/m0/s1. The van der Waals surface area contributed by atoms with Crippen LogP contribution in [-0.2, 0) is 45.8 Å². The van der Waals surface area contributed by atoms with Gasteiger partial charge in [-0.15, -0.1) is 0 Å². The number of esters is 3. The average molecular weight is 807 g/mol. The Balaban J connectivity index is 1.28. The molecule has 6 heterocycles. The molecule has 11 atom stereocenters. The van der Waals surface area contributed by atoms with Crippen LogP contribution in [0.2, 0.25) is 0 Å². The maximum atomic E-state index is 15.4. The van der Waals surface area contributed by atoms with E-state index < -0.39 is 45.9 Å². The number of ether oxygens (including phenoxy) is 4. The topological polar surface area (TPSA) is 134 Å². The first kappa shape index (κ1) is 38.8. The SMILES string of the molecule is CC[C@]12C=CCN3CCC4(c5cc([C@@]6(C(=O)OC)CC7CN(CCc8c6[nH]c6ccccc86)C[C@@H]6CCC[C@H]76)c(OC)cc5N(C)C4[C@@](O)(C(=O)OC)C1OC(C)=O)C32. The van der Waals surface area contributed by atoms with Crippen molar-refractivity contribution >= 4 is 34.5 Å². The molecule has 1 aromatic heterocycles. The molecule has 2 N–H and O–H groups in total. The van der Waals surface area contributed by atoms with Gasteiger partial charge in [-0.25, -0.2) is 4.79 Å². The van der Waals surface area contributed by atoms with Gasteiger partial charge in [-0.05, 0) is 86.1 Å². The van der Waals surface area contributed by atoms with Crippen molar-refractivity contribution in [3.8, 4) is 5.75 Å². The van der Waals surface area contributed by atoms with Crippen LogP contribution in [-0.4, -0.2) is 123 Å². The molecule has 2 saturated heterocycles. The largest absolute Gasteiger partial charge is 0.496 e. The molecule has 7 aliphatic rings. The number of para-hydroxylation sites is 1. The fourth-order valence-electron chi connectivity index (χ4n) is 14.6. The van der Waals surface area contributed by atoms with Crippen LogP contribution in [0.1, 0.15) is 74.8 Å². The average Bonchev–Trinajstić information content (AvgIpc) is 4.03. The fourth-order valence-corrected chi connectivity index (χ4v) is 14.6. The summed E-state index contributed by atoms with van der Waals surface area (Å²) in [6.45, 7) is 7.65. The van der Waals surface area contributed by atoms with Crippen LogP contribution in [0.4, 0.5) is 5.69 Å². The van der Waals surface area contributed by atoms with Crippen molar-refractivity contribution in [2.45, 2.75) is 93.4 Å². The number of benzene rings is 2. The van der Waals surface area contributed by atoms with Crippen molar-refractivity contribution in [2.24, 2.45) is 23.2 Å². The zero-order chi connectivity index (χ0) is 41.2. The van der Waals surface area contributed by atoms with E-state index in [0.717, 1.165) is 71.5 Å². The van der Waals surface area contributed by atoms with Crippen molar-refractivity contribution in [3.63, 3.8) is 0 Å². The minimum atomic E-state index is -2.27. The monoisotopic (exact) mass is 806 g/mol. The van der Waals surface area contributed by atoms with Gasteiger partial charge in [0.2, 0.25) is 5.60 Å². The van der Waals surface area contributed by atoms with E-state index >= 15 is 4.79 Å². The predicted molar refractivity (Wildman–Crippen MR) is 221 cm³/mol. The van der Waals surface area contributed by atoms with Crippen LogP contribution in [0.15, 0.2) is 48.6 Å². The molecule has 59 heavy (non-hydrogen) atoms. The van der Waals surface area contributed by atoms with E-state index in [-0.39, 0.29) is 17.9 Å². The Bertz CT molecular complexity index is 2270. The van der Waals surface area contributed by atoms with Crippen molar-refractivity contribution in [1.29, 1.82) is 0 Å². The summed E-state index contributed by atoms with van der Waals surface area (Å²) in [4.78, 5) is 53.8. The normalized spacial score (nSPS) is 37.9. The van der Waals surface area contributed by atoms with E-state index in [0.29, 0.717) is 49.9 Å². The molecule has 2 bridgehead atoms. The summed E-state index contributed by atoms with van der Waals surface area (Å²) in [6.07, 6.45) is 8.90. The van der Waals surface area contributed by atoms with E-state index in [1.807, 2.05) is 31.0 Å².